The largest absolute Gasteiger partial charge is 0.494 e. The SMILES string of the molecule is CCNC(=NCCn1cnnc1CC)N(C)Cc1ccc(OC)c(F)c1. The van der Waals surface area contributed by atoms with E-state index < -0.39 is 0 Å². The van der Waals surface area contributed by atoms with Gasteiger partial charge in [-0.1, -0.05) is 13.0 Å². The number of hydrogen-bond donors (Lipinski definition) is 1. The molecule has 0 atom stereocenters. The molecule has 7 nitrogen and oxygen atoms in total. The Morgan fingerprint density at radius 2 is 2.19 bits per heavy atom. The van der Waals surface area contributed by atoms with Crippen molar-refractivity contribution >= 4 is 5.96 Å². The molecule has 0 saturated heterocycles. The van der Waals surface area contributed by atoms with Gasteiger partial charge in [0.15, 0.2) is 17.5 Å². The third-order valence-corrected chi connectivity index (χ3v) is 3.95. The van der Waals surface area contributed by atoms with Gasteiger partial charge in [-0.25, -0.2) is 4.39 Å². The Morgan fingerprint density at radius 3 is 2.85 bits per heavy atom. The highest BCUT2D eigenvalue weighted by atomic mass is 19.1. The number of methoxy groups -OCH3 is 1. The molecule has 142 valence electrons. The maximum absolute atomic E-state index is 13.9. The third-order valence-electron chi connectivity index (χ3n) is 3.95. The van der Waals surface area contributed by atoms with Crippen LogP contribution in [0.2, 0.25) is 0 Å². The molecule has 8 heteroatoms. The van der Waals surface area contributed by atoms with Crippen LogP contribution in [-0.4, -0.2) is 52.9 Å². The van der Waals surface area contributed by atoms with Gasteiger partial charge in [0.05, 0.1) is 13.7 Å². The third kappa shape index (κ3) is 5.18. The van der Waals surface area contributed by atoms with Gasteiger partial charge in [0.2, 0.25) is 0 Å². The van der Waals surface area contributed by atoms with Crippen LogP contribution < -0.4 is 10.1 Å². The van der Waals surface area contributed by atoms with Gasteiger partial charge >= 0.3 is 0 Å². The van der Waals surface area contributed by atoms with Gasteiger partial charge in [0.1, 0.15) is 12.2 Å². The summed E-state index contributed by atoms with van der Waals surface area (Å²) in [6, 6.07) is 4.98. The molecule has 0 bridgehead atoms. The fraction of sp³-hybridized carbons (Fsp3) is 0.500. The number of hydrogen-bond acceptors (Lipinski definition) is 4. The quantitative estimate of drug-likeness (QED) is 0.575. The first-order chi connectivity index (χ1) is 12.6. The molecule has 0 unspecified atom stereocenters. The average Bonchev–Trinajstić information content (AvgIpc) is 3.08. The molecule has 2 rings (SSSR count). The van der Waals surface area contributed by atoms with Crippen molar-refractivity contribution < 1.29 is 9.13 Å². The summed E-state index contributed by atoms with van der Waals surface area (Å²) < 4.78 is 20.8. The number of benzene rings is 1. The van der Waals surface area contributed by atoms with Crippen molar-refractivity contribution in [2.75, 3.05) is 27.2 Å². The molecule has 0 saturated carbocycles. The fourth-order valence-corrected chi connectivity index (χ4v) is 2.63. The van der Waals surface area contributed by atoms with Crippen LogP contribution >= 0.6 is 0 Å². The molecular weight excluding hydrogens is 335 g/mol. The Labute approximate surface area is 153 Å². The maximum atomic E-state index is 13.9. The van der Waals surface area contributed by atoms with Crippen molar-refractivity contribution in [3.63, 3.8) is 0 Å². The van der Waals surface area contributed by atoms with Crippen molar-refractivity contribution in [1.29, 1.82) is 0 Å². The zero-order valence-electron chi connectivity index (χ0n) is 15.9. The van der Waals surface area contributed by atoms with Crippen LogP contribution in [0.15, 0.2) is 29.5 Å². The van der Waals surface area contributed by atoms with E-state index >= 15 is 0 Å². The number of guanidine groups is 1. The van der Waals surface area contributed by atoms with Gasteiger partial charge in [-0.2, -0.15) is 0 Å². The molecule has 2 aromatic rings. The van der Waals surface area contributed by atoms with Crippen LogP contribution in [0, 0.1) is 5.82 Å². The van der Waals surface area contributed by atoms with E-state index in [0.29, 0.717) is 13.1 Å². The molecule has 1 N–H and O–H groups in total. The van der Waals surface area contributed by atoms with Crippen molar-refractivity contribution in [2.45, 2.75) is 33.4 Å². The molecule has 26 heavy (non-hydrogen) atoms. The molecule has 0 amide bonds. The first kappa shape index (κ1) is 19.7. The molecule has 0 radical (unpaired) electrons. The Bertz CT molecular complexity index is 730. The first-order valence-corrected chi connectivity index (χ1v) is 8.77. The summed E-state index contributed by atoms with van der Waals surface area (Å²) in [7, 11) is 3.39. The van der Waals surface area contributed by atoms with Gasteiger partial charge < -0.3 is 19.5 Å². The maximum Gasteiger partial charge on any atom is 0.194 e. The Balaban J connectivity index is 2.01. The zero-order chi connectivity index (χ0) is 18.9. The Hall–Kier alpha value is -2.64. The van der Waals surface area contributed by atoms with Gasteiger partial charge in [-0.3, -0.25) is 4.99 Å². The normalized spacial score (nSPS) is 11.5. The number of halogens is 1. The van der Waals surface area contributed by atoms with Crippen LogP contribution in [0.3, 0.4) is 0 Å². The summed E-state index contributed by atoms with van der Waals surface area (Å²) in [4.78, 5) is 6.62. The second-order valence-electron chi connectivity index (χ2n) is 5.85. The summed E-state index contributed by atoms with van der Waals surface area (Å²) in [5.41, 5.74) is 0.850. The van der Waals surface area contributed by atoms with Crippen LogP contribution in [0.1, 0.15) is 25.2 Å². The number of nitrogens with one attached hydrogen (secondary N) is 1. The van der Waals surface area contributed by atoms with E-state index in [1.807, 2.05) is 29.5 Å². The standard InChI is InChI=1S/C18H27FN6O/c1-5-17-23-22-13-25(17)10-9-21-18(20-6-2)24(3)12-14-7-8-16(26-4)15(19)11-14/h7-8,11,13H,5-6,9-10,12H2,1-4H3,(H,20,21). The minimum absolute atomic E-state index is 0.248. The second-order valence-corrected chi connectivity index (χ2v) is 5.85. The Kier molecular flexibility index (Phi) is 7.37. The topological polar surface area (TPSA) is 67.6 Å². The highest BCUT2D eigenvalue weighted by Gasteiger charge is 2.09. The average molecular weight is 362 g/mol. The monoisotopic (exact) mass is 362 g/mol. The molecule has 0 spiro atoms. The van der Waals surface area contributed by atoms with E-state index in [-0.39, 0.29) is 11.6 Å². The molecule has 0 aliphatic rings. The highest BCUT2D eigenvalue weighted by molar-refractivity contribution is 5.79. The van der Waals surface area contributed by atoms with Crippen molar-refractivity contribution in [3.8, 4) is 5.75 Å². The van der Waals surface area contributed by atoms with Crippen molar-refractivity contribution in [3.05, 3.63) is 41.7 Å². The predicted octanol–water partition coefficient (Wildman–Crippen LogP) is 2.09. The van der Waals surface area contributed by atoms with Gasteiger partial charge in [0.25, 0.3) is 0 Å². The lowest BCUT2D eigenvalue weighted by molar-refractivity contribution is 0.385. The molecule has 0 fully saturated rings. The summed E-state index contributed by atoms with van der Waals surface area (Å²) in [6.07, 6.45) is 2.57. The highest BCUT2D eigenvalue weighted by Crippen LogP contribution is 2.18. The lowest BCUT2D eigenvalue weighted by Crippen LogP contribution is -2.38. The number of aryl methyl sites for hydroxylation is 1. The summed E-state index contributed by atoms with van der Waals surface area (Å²) in [6.45, 7) is 6.69. The van der Waals surface area contributed by atoms with E-state index in [9.17, 15) is 4.39 Å². The van der Waals surface area contributed by atoms with Crippen molar-refractivity contribution in [1.82, 2.24) is 25.0 Å². The zero-order valence-corrected chi connectivity index (χ0v) is 15.9. The number of nitrogens with zero attached hydrogens (tertiary/aromatic N) is 5. The van der Waals surface area contributed by atoms with E-state index in [0.717, 1.165) is 36.9 Å². The van der Waals surface area contributed by atoms with Gasteiger partial charge in [-0.15, -0.1) is 10.2 Å². The van der Waals surface area contributed by atoms with Gasteiger partial charge in [0, 0.05) is 33.1 Å². The molecule has 1 aromatic heterocycles. The van der Waals surface area contributed by atoms with E-state index in [4.69, 9.17) is 4.74 Å². The lowest BCUT2D eigenvalue weighted by Gasteiger charge is -2.22. The Morgan fingerprint density at radius 1 is 1.38 bits per heavy atom. The van der Waals surface area contributed by atoms with Crippen LogP contribution in [0.4, 0.5) is 4.39 Å². The number of aliphatic imine (C=N–C) groups is 1. The predicted molar refractivity (Wildman–Crippen MR) is 99.8 cm³/mol. The van der Waals surface area contributed by atoms with Crippen LogP contribution in [0.5, 0.6) is 5.75 Å². The minimum Gasteiger partial charge on any atom is -0.494 e. The minimum atomic E-state index is -0.361. The number of aromatic nitrogens is 3. The van der Waals surface area contributed by atoms with E-state index in [2.05, 4.69) is 27.4 Å². The number of ether oxygens (including phenoxy) is 1. The fourth-order valence-electron chi connectivity index (χ4n) is 2.63. The summed E-state index contributed by atoms with van der Waals surface area (Å²) >= 11 is 0. The summed E-state index contributed by atoms with van der Waals surface area (Å²) in [5, 5.41) is 11.3. The molecule has 0 aliphatic carbocycles. The molecule has 1 aromatic carbocycles. The van der Waals surface area contributed by atoms with Crippen LogP contribution in [0.25, 0.3) is 0 Å². The molecule has 1 heterocycles. The van der Waals surface area contributed by atoms with Crippen LogP contribution in [-0.2, 0) is 19.5 Å². The number of rotatable bonds is 8. The van der Waals surface area contributed by atoms with E-state index in [1.165, 1.54) is 13.2 Å². The van der Waals surface area contributed by atoms with Gasteiger partial charge in [-0.05, 0) is 24.6 Å². The summed E-state index contributed by atoms with van der Waals surface area (Å²) in [5.74, 6) is 1.61. The second kappa shape index (κ2) is 9.74. The first-order valence-electron chi connectivity index (χ1n) is 8.77. The van der Waals surface area contributed by atoms with E-state index in [1.54, 1.807) is 12.4 Å². The molecular formula is C18H27FN6O. The molecule has 0 aliphatic heterocycles. The van der Waals surface area contributed by atoms with Crippen molar-refractivity contribution in [2.24, 2.45) is 4.99 Å². The smallest absolute Gasteiger partial charge is 0.194 e. The lowest BCUT2D eigenvalue weighted by atomic mass is 10.2.